The van der Waals surface area contributed by atoms with Gasteiger partial charge in [-0.1, -0.05) is 26.7 Å². The van der Waals surface area contributed by atoms with Crippen molar-refractivity contribution in [1.82, 2.24) is 0 Å². The van der Waals surface area contributed by atoms with Crippen molar-refractivity contribution >= 4 is 5.97 Å². The number of carbonyl (C=O) groups excluding carboxylic acids is 1. The van der Waals surface area contributed by atoms with Gasteiger partial charge < -0.3 is 15.2 Å². The molecule has 0 saturated heterocycles. The van der Waals surface area contributed by atoms with E-state index in [9.17, 15) is 4.79 Å². The topological polar surface area (TPSA) is 61.5 Å². The molecule has 1 aliphatic rings. The molecule has 1 fully saturated rings. The van der Waals surface area contributed by atoms with Gasteiger partial charge in [-0.3, -0.25) is 4.79 Å². The Labute approximate surface area is 117 Å². The van der Waals surface area contributed by atoms with Crippen LogP contribution < -0.4 is 5.73 Å². The van der Waals surface area contributed by atoms with E-state index in [1.54, 1.807) is 6.92 Å². The Morgan fingerprint density at radius 1 is 1.26 bits per heavy atom. The highest BCUT2D eigenvalue weighted by atomic mass is 16.6. The Hall–Kier alpha value is -0.610. The molecule has 0 aromatic heterocycles. The second-order valence-corrected chi connectivity index (χ2v) is 5.75. The molecular weight excluding hydrogens is 242 g/mol. The number of carbonyl (C=O) groups is 1. The van der Waals surface area contributed by atoms with E-state index in [0.717, 1.165) is 19.4 Å². The largest absolute Gasteiger partial charge is 0.459 e. The highest BCUT2D eigenvalue weighted by Crippen LogP contribution is 2.31. The lowest BCUT2D eigenvalue weighted by Crippen LogP contribution is -2.40. The van der Waals surface area contributed by atoms with E-state index in [2.05, 4.69) is 13.8 Å². The quantitative estimate of drug-likeness (QED) is 0.654. The molecule has 4 heteroatoms. The summed E-state index contributed by atoms with van der Waals surface area (Å²) in [7, 11) is 0. The summed E-state index contributed by atoms with van der Waals surface area (Å²) in [5.74, 6) is 0.793. The molecule has 0 amide bonds. The Kier molecular flexibility index (Phi) is 6.80. The Morgan fingerprint density at radius 2 is 1.84 bits per heavy atom. The van der Waals surface area contributed by atoms with Crippen LogP contribution in [0.1, 0.15) is 53.4 Å². The minimum Gasteiger partial charge on any atom is -0.459 e. The van der Waals surface area contributed by atoms with Crippen LogP contribution in [-0.2, 0) is 14.3 Å². The Morgan fingerprint density at radius 3 is 2.26 bits per heavy atom. The van der Waals surface area contributed by atoms with Crippen molar-refractivity contribution in [3.05, 3.63) is 0 Å². The summed E-state index contributed by atoms with van der Waals surface area (Å²) in [6, 6.07) is -0.576. The van der Waals surface area contributed by atoms with Gasteiger partial charge in [0, 0.05) is 6.61 Å². The van der Waals surface area contributed by atoms with E-state index in [1.807, 2.05) is 6.92 Å². The highest BCUT2D eigenvalue weighted by molar-refractivity contribution is 5.75. The van der Waals surface area contributed by atoms with E-state index in [4.69, 9.17) is 15.2 Å². The van der Waals surface area contributed by atoms with Gasteiger partial charge in [0.15, 0.2) is 0 Å². The van der Waals surface area contributed by atoms with Crippen LogP contribution in [0.5, 0.6) is 0 Å². The lowest BCUT2D eigenvalue weighted by Gasteiger charge is -2.31. The summed E-state index contributed by atoms with van der Waals surface area (Å²) in [6.45, 7) is 8.66. The number of hydrogen-bond acceptors (Lipinski definition) is 4. The maximum absolute atomic E-state index is 11.6. The monoisotopic (exact) mass is 271 g/mol. The number of hydrogen-bond donors (Lipinski definition) is 1. The summed E-state index contributed by atoms with van der Waals surface area (Å²) in [4.78, 5) is 11.6. The average Bonchev–Trinajstić information content (AvgIpc) is 3.18. The molecule has 1 rings (SSSR count). The van der Waals surface area contributed by atoms with Crippen LogP contribution in [-0.4, -0.2) is 30.8 Å². The minimum absolute atomic E-state index is 0.0155. The van der Waals surface area contributed by atoms with Crippen molar-refractivity contribution in [2.24, 2.45) is 17.6 Å². The molecule has 0 aromatic rings. The van der Waals surface area contributed by atoms with Gasteiger partial charge in [0.1, 0.15) is 12.1 Å². The van der Waals surface area contributed by atoms with Gasteiger partial charge in [0.05, 0.1) is 6.10 Å². The van der Waals surface area contributed by atoms with Crippen molar-refractivity contribution in [2.45, 2.75) is 71.6 Å². The fourth-order valence-corrected chi connectivity index (χ4v) is 2.30. The number of ether oxygens (including phenoxy) is 2. The van der Waals surface area contributed by atoms with Gasteiger partial charge >= 0.3 is 5.97 Å². The molecule has 0 bridgehead atoms. The summed E-state index contributed by atoms with van der Waals surface area (Å²) in [6.07, 6.45) is 4.35. The molecule has 0 aliphatic heterocycles. The summed E-state index contributed by atoms with van der Waals surface area (Å²) in [5, 5.41) is 0. The molecule has 0 spiro atoms. The lowest BCUT2D eigenvalue weighted by atomic mass is 9.93. The van der Waals surface area contributed by atoms with Gasteiger partial charge in [0.25, 0.3) is 0 Å². The highest BCUT2D eigenvalue weighted by Gasteiger charge is 2.31. The van der Waals surface area contributed by atoms with Crippen molar-refractivity contribution < 1.29 is 14.3 Å². The standard InChI is InChI=1S/C15H29NO3/c1-5-13(6-2)14(18-9-12-7-8-12)11(4)19-15(17)10(3)16/h10-14H,5-9,16H2,1-4H3/t10-,11-,14-/m0/s1. The van der Waals surface area contributed by atoms with Crippen molar-refractivity contribution in [3.8, 4) is 0 Å². The molecule has 1 saturated carbocycles. The molecule has 0 aromatic carbocycles. The molecule has 112 valence electrons. The third-order valence-electron chi connectivity index (χ3n) is 3.87. The first kappa shape index (κ1) is 16.4. The molecule has 4 nitrogen and oxygen atoms in total. The van der Waals surface area contributed by atoms with Crippen LogP contribution in [0, 0.1) is 11.8 Å². The van der Waals surface area contributed by atoms with Crippen LogP contribution in [0.25, 0.3) is 0 Å². The first-order chi connectivity index (χ1) is 8.99. The first-order valence-corrected chi connectivity index (χ1v) is 7.57. The van der Waals surface area contributed by atoms with Crippen LogP contribution in [0.2, 0.25) is 0 Å². The van der Waals surface area contributed by atoms with E-state index >= 15 is 0 Å². The lowest BCUT2D eigenvalue weighted by molar-refractivity contribution is -0.161. The normalized spacial score (nSPS) is 20.1. The van der Waals surface area contributed by atoms with Crippen LogP contribution in [0.15, 0.2) is 0 Å². The van der Waals surface area contributed by atoms with Crippen molar-refractivity contribution in [2.75, 3.05) is 6.61 Å². The molecule has 0 radical (unpaired) electrons. The molecule has 2 N–H and O–H groups in total. The molecule has 0 unspecified atom stereocenters. The number of rotatable bonds is 9. The van der Waals surface area contributed by atoms with Gasteiger partial charge in [-0.2, -0.15) is 0 Å². The molecule has 19 heavy (non-hydrogen) atoms. The van der Waals surface area contributed by atoms with E-state index in [0.29, 0.717) is 11.8 Å². The van der Waals surface area contributed by atoms with Crippen LogP contribution >= 0.6 is 0 Å². The Bertz CT molecular complexity index is 273. The fourth-order valence-electron chi connectivity index (χ4n) is 2.30. The summed E-state index contributed by atoms with van der Waals surface area (Å²) < 4.78 is 11.5. The maximum atomic E-state index is 11.6. The number of esters is 1. The van der Waals surface area contributed by atoms with Gasteiger partial charge in [0.2, 0.25) is 0 Å². The molecule has 1 aliphatic carbocycles. The zero-order valence-corrected chi connectivity index (χ0v) is 12.7. The van der Waals surface area contributed by atoms with Crippen LogP contribution in [0.3, 0.4) is 0 Å². The molecule has 3 atom stereocenters. The fraction of sp³-hybridized carbons (Fsp3) is 0.933. The van der Waals surface area contributed by atoms with E-state index in [1.165, 1.54) is 12.8 Å². The SMILES string of the molecule is CCC(CC)[C@@H](OCC1CC1)[C@H](C)OC(=O)[C@H](C)N. The Balaban J connectivity index is 2.55. The van der Waals surface area contributed by atoms with Gasteiger partial charge in [-0.25, -0.2) is 0 Å². The van der Waals surface area contributed by atoms with Crippen LogP contribution in [0.4, 0.5) is 0 Å². The smallest absolute Gasteiger partial charge is 0.322 e. The van der Waals surface area contributed by atoms with E-state index in [-0.39, 0.29) is 18.2 Å². The number of nitrogens with two attached hydrogens (primary N) is 1. The van der Waals surface area contributed by atoms with Gasteiger partial charge in [-0.15, -0.1) is 0 Å². The van der Waals surface area contributed by atoms with E-state index < -0.39 is 6.04 Å². The van der Waals surface area contributed by atoms with Gasteiger partial charge in [-0.05, 0) is 38.5 Å². The molecular formula is C15H29NO3. The second-order valence-electron chi connectivity index (χ2n) is 5.75. The third kappa shape index (κ3) is 5.49. The minimum atomic E-state index is -0.576. The zero-order chi connectivity index (χ0) is 14.4. The average molecular weight is 271 g/mol. The third-order valence-corrected chi connectivity index (χ3v) is 3.87. The first-order valence-electron chi connectivity index (χ1n) is 7.57. The van der Waals surface area contributed by atoms with Crippen molar-refractivity contribution in [1.29, 1.82) is 0 Å². The van der Waals surface area contributed by atoms with Crippen molar-refractivity contribution in [3.63, 3.8) is 0 Å². The molecule has 0 heterocycles. The predicted octanol–water partition coefficient (Wildman–Crippen LogP) is 2.50. The zero-order valence-electron chi connectivity index (χ0n) is 12.7. The predicted molar refractivity (Wildman–Crippen MR) is 75.7 cm³/mol. The summed E-state index contributed by atoms with van der Waals surface area (Å²) in [5.41, 5.74) is 5.54. The maximum Gasteiger partial charge on any atom is 0.322 e. The second kappa shape index (κ2) is 7.85. The summed E-state index contributed by atoms with van der Waals surface area (Å²) >= 11 is 0.